The van der Waals surface area contributed by atoms with E-state index in [9.17, 15) is 0 Å². The number of fused-ring (bicyclic) bond motifs is 2. The molecule has 0 saturated carbocycles. The minimum atomic E-state index is 0.536. The molecule has 2 nitrogen and oxygen atoms in total. The second-order valence-electron chi connectivity index (χ2n) is 7.14. The van der Waals surface area contributed by atoms with Crippen LogP contribution in [0, 0.1) is 10.8 Å². The van der Waals surface area contributed by atoms with E-state index in [0.717, 1.165) is 0 Å². The SMILES string of the molecule is CCCC.CN1CC2(C)CN(C)CC(C)(C1)C2. The highest BCUT2D eigenvalue weighted by molar-refractivity contribution is 4.99. The number of rotatable bonds is 1. The average Bonchev–Trinajstić information content (AvgIpc) is 2.12. The summed E-state index contributed by atoms with van der Waals surface area (Å²) in [5.41, 5.74) is 1.07. The summed E-state index contributed by atoms with van der Waals surface area (Å²) in [4.78, 5) is 5.02. The van der Waals surface area contributed by atoms with Crippen molar-refractivity contribution in [3.63, 3.8) is 0 Å². The zero-order valence-corrected chi connectivity index (χ0v) is 12.8. The van der Waals surface area contributed by atoms with Crippen LogP contribution in [0.4, 0.5) is 0 Å². The summed E-state index contributed by atoms with van der Waals surface area (Å²) in [7, 11) is 4.53. The smallest absolute Gasteiger partial charge is 0.00450 e. The molecule has 2 saturated heterocycles. The summed E-state index contributed by atoms with van der Waals surface area (Å²) in [6.07, 6.45) is 4.05. The van der Waals surface area contributed by atoms with Crippen molar-refractivity contribution in [2.24, 2.45) is 10.8 Å². The maximum Gasteiger partial charge on any atom is 0.00450 e. The molecule has 2 aliphatic rings. The molecule has 0 amide bonds. The quantitative estimate of drug-likeness (QED) is 0.695. The molecule has 0 aromatic rings. The third-order valence-electron chi connectivity index (χ3n) is 3.96. The van der Waals surface area contributed by atoms with Crippen LogP contribution in [0.5, 0.6) is 0 Å². The van der Waals surface area contributed by atoms with Gasteiger partial charge in [0.05, 0.1) is 0 Å². The van der Waals surface area contributed by atoms with Crippen LogP contribution < -0.4 is 0 Å². The van der Waals surface area contributed by atoms with Gasteiger partial charge in [-0.25, -0.2) is 0 Å². The first-order valence-corrected chi connectivity index (χ1v) is 7.19. The van der Waals surface area contributed by atoms with Gasteiger partial charge in [0, 0.05) is 26.2 Å². The van der Waals surface area contributed by atoms with Crippen LogP contribution in [0.25, 0.3) is 0 Å². The number of nitrogens with zero attached hydrogens (tertiary/aromatic N) is 2. The lowest BCUT2D eigenvalue weighted by atomic mass is 9.66. The molecule has 0 aromatic carbocycles. The molecule has 0 unspecified atom stereocenters. The minimum absolute atomic E-state index is 0.536. The maximum atomic E-state index is 2.51. The Labute approximate surface area is 108 Å². The van der Waals surface area contributed by atoms with Crippen molar-refractivity contribution in [2.45, 2.75) is 47.0 Å². The molecule has 0 aromatic heterocycles. The first kappa shape index (κ1) is 15.0. The fourth-order valence-electron chi connectivity index (χ4n) is 4.07. The molecule has 0 spiro atoms. The first-order valence-electron chi connectivity index (χ1n) is 7.19. The van der Waals surface area contributed by atoms with Crippen molar-refractivity contribution in [2.75, 3.05) is 40.3 Å². The number of likely N-dealkylation sites (tertiary alicyclic amines) is 2. The lowest BCUT2D eigenvalue weighted by Gasteiger charge is -2.55. The van der Waals surface area contributed by atoms with Gasteiger partial charge < -0.3 is 9.80 Å². The molecule has 2 fully saturated rings. The zero-order valence-electron chi connectivity index (χ0n) is 12.8. The minimum Gasteiger partial charge on any atom is -0.305 e. The fraction of sp³-hybridized carbons (Fsp3) is 1.00. The molecular weight excluding hydrogens is 208 g/mol. The van der Waals surface area contributed by atoms with Crippen molar-refractivity contribution < 1.29 is 0 Å². The van der Waals surface area contributed by atoms with Crippen LogP contribution in [-0.4, -0.2) is 50.1 Å². The maximum absolute atomic E-state index is 2.51. The monoisotopic (exact) mass is 240 g/mol. The van der Waals surface area contributed by atoms with Crippen molar-refractivity contribution in [3.05, 3.63) is 0 Å². The van der Waals surface area contributed by atoms with Gasteiger partial charge in [-0.15, -0.1) is 0 Å². The van der Waals surface area contributed by atoms with Gasteiger partial charge in [0.2, 0.25) is 0 Å². The van der Waals surface area contributed by atoms with Crippen LogP contribution in [0.2, 0.25) is 0 Å². The highest BCUT2D eigenvalue weighted by Crippen LogP contribution is 2.44. The molecule has 0 radical (unpaired) electrons. The molecular formula is C15H32N2. The Balaban J connectivity index is 0.000000317. The van der Waals surface area contributed by atoms with Gasteiger partial charge >= 0.3 is 0 Å². The number of hydrogen-bond donors (Lipinski definition) is 0. The van der Waals surface area contributed by atoms with Crippen molar-refractivity contribution >= 4 is 0 Å². The van der Waals surface area contributed by atoms with Gasteiger partial charge in [0.1, 0.15) is 0 Å². The van der Waals surface area contributed by atoms with Gasteiger partial charge in [-0.05, 0) is 31.3 Å². The highest BCUT2D eigenvalue weighted by Gasteiger charge is 2.46. The summed E-state index contributed by atoms with van der Waals surface area (Å²) in [5.74, 6) is 0. The van der Waals surface area contributed by atoms with Crippen LogP contribution in [-0.2, 0) is 0 Å². The van der Waals surface area contributed by atoms with Gasteiger partial charge in [-0.1, -0.05) is 40.5 Å². The predicted molar refractivity (Wildman–Crippen MR) is 76.4 cm³/mol. The fourth-order valence-corrected chi connectivity index (χ4v) is 4.07. The summed E-state index contributed by atoms with van der Waals surface area (Å²) in [5, 5.41) is 0. The van der Waals surface area contributed by atoms with Gasteiger partial charge in [0.15, 0.2) is 0 Å². The van der Waals surface area contributed by atoms with E-state index in [1.165, 1.54) is 45.4 Å². The van der Waals surface area contributed by atoms with E-state index < -0.39 is 0 Å². The van der Waals surface area contributed by atoms with E-state index in [0.29, 0.717) is 10.8 Å². The Morgan fingerprint density at radius 3 is 1.29 bits per heavy atom. The van der Waals surface area contributed by atoms with Gasteiger partial charge in [-0.2, -0.15) is 0 Å². The van der Waals surface area contributed by atoms with Crippen LogP contribution in [0.1, 0.15) is 47.0 Å². The molecule has 17 heavy (non-hydrogen) atoms. The molecule has 0 atom stereocenters. The van der Waals surface area contributed by atoms with Crippen LogP contribution >= 0.6 is 0 Å². The summed E-state index contributed by atoms with van der Waals surface area (Å²) in [6, 6.07) is 0. The van der Waals surface area contributed by atoms with E-state index >= 15 is 0 Å². The number of unbranched alkanes of at least 4 members (excludes halogenated alkanes) is 1. The Kier molecular flexibility index (Phi) is 5.03. The lowest BCUT2D eigenvalue weighted by molar-refractivity contribution is -0.0570. The Morgan fingerprint density at radius 1 is 0.765 bits per heavy atom. The number of hydrogen-bond acceptors (Lipinski definition) is 2. The van der Waals surface area contributed by atoms with E-state index in [4.69, 9.17) is 0 Å². The van der Waals surface area contributed by atoms with Crippen LogP contribution in [0.15, 0.2) is 0 Å². The molecule has 2 bridgehead atoms. The lowest BCUT2D eigenvalue weighted by Crippen LogP contribution is -2.60. The van der Waals surface area contributed by atoms with E-state index in [-0.39, 0.29) is 0 Å². The summed E-state index contributed by atoms with van der Waals surface area (Å²) >= 11 is 0. The molecule has 0 aliphatic carbocycles. The van der Waals surface area contributed by atoms with Gasteiger partial charge in [0.25, 0.3) is 0 Å². The normalized spacial score (nSPS) is 38.5. The number of piperidine rings is 2. The average molecular weight is 240 g/mol. The first-order chi connectivity index (χ1) is 7.82. The van der Waals surface area contributed by atoms with E-state index in [1.54, 1.807) is 0 Å². The third-order valence-corrected chi connectivity index (χ3v) is 3.96. The largest absolute Gasteiger partial charge is 0.305 e. The standard InChI is InChI=1S/C11H22N2.C4H10/c1-10-5-11(2,8-12(3)6-10)9-13(4)7-10;1-3-4-2/h5-9H2,1-4H3;3-4H2,1-2H3. The molecule has 0 N–H and O–H groups in total. The second-order valence-corrected chi connectivity index (χ2v) is 7.14. The van der Waals surface area contributed by atoms with Gasteiger partial charge in [-0.3, -0.25) is 0 Å². The van der Waals surface area contributed by atoms with Crippen molar-refractivity contribution in [3.8, 4) is 0 Å². The Morgan fingerprint density at radius 2 is 1.06 bits per heavy atom. The van der Waals surface area contributed by atoms with Crippen molar-refractivity contribution in [1.29, 1.82) is 0 Å². The summed E-state index contributed by atoms with van der Waals surface area (Å²) in [6.45, 7) is 14.3. The Hall–Kier alpha value is -0.0800. The molecule has 2 rings (SSSR count). The second kappa shape index (κ2) is 5.71. The molecule has 102 valence electrons. The molecule has 2 aliphatic heterocycles. The highest BCUT2D eigenvalue weighted by atomic mass is 15.2. The molecule has 2 heteroatoms. The predicted octanol–water partition coefficient (Wildman–Crippen LogP) is 3.09. The molecule has 2 heterocycles. The zero-order chi connectivity index (χ0) is 13.1. The topological polar surface area (TPSA) is 6.48 Å². The van der Waals surface area contributed by atoms with E-state index in [2.05, 4.69) is 51.6 Å². The van der Waals surface area contributed by atoms with Crippen LogP contribution in [0.3, 0.4) is 0 Å². The summed E-state index contributed by atoms with van der Waals surface area (Å²) < 4.78 is 0. The Bertz CT molecular complexity index is 201. The van der Waals surface area contributed by atoms with Crippen molar-refractivity contribution in [1.82, 2.24) is 9.80 Å². The van der Waals surface area contributed by atoms with E-state index in [1.807, 2.05) is 0 Å². The third kappa shape index (κ3) is 4.26.